The zero-order valence-electron chi connectivity index (χ0n) is 15.6. The third-order valence-corrected chi connectivity index (χ3v) is 5.15. The highest BCUT2D eigenvalue weighted by atomic mass is 16.2. The van der Waals surface area contributed by atoms with Crippen LogP contribution in [0.15, 0.2) is 36.5 Å². The molecule has 0 saturated heterocycles. The summed E-state index contributed by atoms with van der Waals surface area (Å²) in [6.45, 7) is 8.04. The Bertz CT molecular complexity index is 939. The number of benzene rings is 1. The van der Waals surface area contributed by atoms with Crippen LogP contribution in [0.3, 0.4) is 0 Å². The molecule has 0 radical (unpaired) electrons. The summed E-state index contributed by atoms with van der Waals surface area (Å²) in [5.41, 5.74) is 1.09. The maximum atomic E-state index is 13.0. The van der Waals surface area contributed by atoms with Gasteiger partial charge in [0.2, 0.25) is 5.91 Å². The molecule has 1 aromatic carbocycles. The van der Waals surface area contributed by atoms with E-state index in [1.165, 1.54) is 0 Å². The van der Waals surface area contributed by atoms with Crippen molar-refractivity contribution in [3.8, 4) is 0 Å². The first-order valence-electron chi connectivity index (χ1n) is 9.25. The number of hydrogen-bond donors (Lipinski definition) is 0. The Morgan fingerprint density at radius 3 is 2.85 bits per heavy atom. The second-order valence-corrected chi connectivity index (χ2v) is 7.59. The number of nitrogens with zero attached hydrogens (tertiary/aromatic N) is 5. The van der Waals surface area contributed by atoms with E-state index in [0.717, 1.165) is 35.5 Å². The van der Waals surface area contributed by atoms with Crippen molar-refractivity contribution in [3.63, 3.8) is 0 Å². The monoisotopic (exact) mass is 351 g/mol. The lowest BCUT2D eigenvalue weighted by Crippen LogP contribution is -2.43. The molecule has 3 aromatic rings. The van der Waals surface area contributed by atoms with Gasteiger partial charge in [0.05, 0.1) is 12.6 Å². The summed E-state index contributed by atoms with van der Waals surface area (Å²) in [6, 6.07) is 10.5. The van der Waals surface area contributed by atoms with Gasteiger partial charge >= 0.3 is 0 Å². The summed E-state index contributed by atoms with van der Waals surface area (Å²) < 4.78 is 4.24. The second kappa shape index (κ2) is 6.59. The van der Waals surface area contributed by atoms with E-state index in [0.29, 0.717) is 19.0 Å². The third-order valence-electron chi connectivity index (χ3n) is 5.15. The van der Waals surface area contributed by atoms with E-state index in [1.54, 1.807) is 0 Å². The Hall–Kier alpha value is -2.63. The van der Waals surface area contributed by atoms with E-state index >= 15 is 0 Å². The minimum atomic E-state index is 0.131. The van der Waals surface area contributed by atoms with Gasteiger partial charge in [-0.25, -0.2) is 0 Å². The molecule has 4 rings (SSSR count). The van der Waals surface area contributed by atoms with Crippen molar-refractivity contribution in [2.24, 2.45) is 5.92 Å². The van der Waals surface area contributed by atoms with E-state index < -0.39 is 0 Å². The van der Waals surface area contributed by atoms with Crippen LogP contribution < -0.4 is 0 Å². The van der Waals surface area contributed by atoms with Gasteiger partial charge < -0.3 is 14.0 Å². The highest BCUT2D eigenvalue weighted by Crippen LogP contribution is 2.27. The van der Waals surface area contributed by atoms with Crippen molar-refractivity contribution in [3.05, 3.63) is 48.2 Å². The van der Waals surface area contributed by atoms with E-state index in [2.05, 4.69) is 46.8 Å². The number of para-hydroxylation sites is 1. The van der Waals surface area contributed by atoms with Gasteiger partial charge in [0.1, 0.15) is 12.4 Å². The van der Waals surface area contributed by atoms with Gasteiger partial charge in [-0.2, -0.15) is 0 Å². The fourth-order valence-corrected chi connectivity index (χ4v) is 4.01. The van der Waals surface area contributed by atoms with Crippen molar-refractivity contribution in [2.75, 3.05) is 6.54 Å². The first kappa shape index (κ1) is 16.8. The SMILES string of the molecule is Cc1nnc2n1[C@@H](CC(C)C)CN(C(=O)Cn1ccc3ccccc31)C2. The van der Waals surface area contributed by atoms with Crippen LogP contribution in [0.4, 0.5) is 0 Å². The van der Waals surface area contributed by atoms with Gasteiger partial charge in [-0.3, -0.25) is 4.79 Å². The van der Waals surface area contributed by atoms with Gasteiger partial charge in [-0.05, 0) is 36.8 Å². The molecule has 6 nitrogen and oxygen atoms in total. The highest BCUT2D eigenvalue weighted by molar-refractivity contribution is 5.83. The molecule has 0 spiro atoms. The van der Waals surface area contributed by atoms with Crippen LogP contribution in [0.5, 0.6) is 0 Å². The Labute approximate surface area is 153 Å². The molecule has 136 valence electrons. The zero-order valence-corrected chi connectivity index (χ0v) is 15.6. The maximum Gasteiger partial charge on any atom is 0.242 e. The molecular formula is C20H25N5O. The number of aryl methyl sites for hydroxylation is 1. The molecule has 0 aliphatic carbocycles. The van der Waals surface area contributed by atoms with Gasteiger partial charge in [0.25, 0.3) is 0 Å². The van der Waals surface area contributed by atoms with Crippen LogP contribution in [-0.2, 0) is 17.9 Å². The summed E-state index contributed by atoms with van der Waals surface area (Å²) in [7, 11) is 0. The van der Waals surface area contributed by atoms with Crippen LogP contribution in [0, 0.1) is 12.8 Å². The minimum Gasteiger partial charge on any atom is -0.338 e. The van der Waals surface area contributed by atoms with E-state index in [-0.39, 0.29) is 11.9 Å². The molecule has 1 aliphatic rings. The Kier molecular flexibility index (Phi) is 4.26. The lowest BCUT2D eigenvalue weighted by molar-refractivity contribution is -0.134. The van der Waals surface area contributed by atoms with Crippen molar-refractivity contribution >= 4 is 16.8 Å². The number of carbonyl (C=O) groups excluding carboxylic acids is 1. The molecule has 1 aliphatic heterocycles. The zero-order chi connectivity index (χ0) is 18.3. The molecule has 3 heterocycles. The Morgan fingerprint density at radius 2 is 2.04 bits per heavy atom. The van der Waals surface area contributed by atoms with Crippen LogP contribution in [0.1, 0.15) is 38.0 Å². The summed E-state index contributed by atoms with van der Waals surface area (Å²) in [6.07, 6.45) is 3.01. The highest BCUT2D eigenvalue weighted by Gasteiger charge is 2.31. The van der Waals surface area contributed by atoms with E-state index in [1.807, 2.05) is 34.7 Å². The second-order valence-electron chi connectivity index (χ2n) is 7.59. The minimum absolute atomic E-state index is 0.131. The van der Waals surface area contributed by atoms with Crippen LogP contribution in [0.2, 0.25) is 0 Å². The average Bonchev–Trinajstić information content (AvgIpc) is 3.19. The van der Waals surface area contributed by atoms with Gasteiger partial charge in [-0.15, -0.1) is 10.2 Å². The van der Waals surface area contributed by atoms with Crippen molar-refractivity contribution in [2.45, 2.75) is 46.3 Å². The van der Waals surface area contributed by atoms with Crippen LogP contribution in [0.25, 0.3) is 10.9 Å². The van der Waals surface area contributed by atoms with Crippen molar-refractivity contribution in [1.82, 2.24) is 24.2 Å². The molecule has 0 saturated carbocycles. The molecule has 1 atom stereocenters. The number of rotatable bonds is 4. The Morgan fingerprint density at radius 1 is 1.23 bits per heavy atom. The predicted octanol–water partition coefficient (Wildman–Crippen LogP) is 3.17. The quantitative estimate of drug-likeness (QED) is 0.725. The third kappa shape index (κ3) is 3.00. The smallest absolute Gasteiger partial charge is 0.242 e. The predicted molar refractivity (Wildman–Crippen MR) is 101 cm³/mol. The van der Waals surface area contributed by atoms with Crippen molar-refractivity contribution < 1.29 is 4.79 Å². The number of amides is 1. The molecular weight excluding hydrogens is 326 g/mol. The number of fused-ring (bicyclic) bond motifs is 2. The van der Waals surface area contributed by atoms with E-state index in [4.69, 9.17) is 0 Å². The standard InChI is InChI=1S/C20H25N5O/c1-14(2)10-17-11-24(12-19-22-21-15(3)25(17)19)20(26)13-23-9-8-16-6-4-5-7-18(16)23/h4-9,14,17H,10-13H2,1-3H3/t17-/m0/s1. The van der Waals surface area contributed by atoms with Crippen LogP contribution in [-0.4, -0.2) is 36.7 Å². The molecule has 26 heavy (non-hydrogen) atoms. The topological polar surface area (TPSA) is 56.0 Å². The molecule has 2 aromatic heterocycles. The Balaban J connectivity index is 1.56. The maximum absolute atomic E-state index is 13.0. The summed E-state index contributed by atoms with van der Waals surface area (Å²) in [5, 5.41) is 9.70. The van der Waals surface area contributed by atoms with Gasteiger partial charge in [0.15, 0.2) is 5.82 Å². The first-order valence-corrected chi connectivity index (χ1v) is 9.25. The largest absolute Gasteiger partial charge is 0.338 e. The fourth-order valence-electron chi connectivity index (χ4n) is 4.01. The van der Waals surface area contributed by atoms with Crippen LogP contribution >= 0.6 is 0 Å². The molecule has 1 amide bonds. The van der Waals surface area contributed by atoms with E-state index in [9.17, 15) is 4.79 Å². The lowest BCUT2D eigenvalue weighted by Gasteiger charge is -2.35. The lowest BCUT2D eigenvalue weighted by atomic mass is 10.0. The molecule has 0 bridgehead atoms. The number of carbonyl (C=O) groups is 1. The number of aromatic nitrogens is 4. The number of hydrogen-bond acceptors (Lipinski definition) is 3. The molecule has 6 heteroatoms. The summed E-state index contributed by atoms with van der Waals surface area (Å²) in [5.74, 6) is 2.52. The van der Waals surface area contributed by atoms with Gasteiger partial charge in [0, 0.05) is 18.3 Å². The normalized spacial score (nSPS) is 17.1. The summed E-state index contributed by atoms with van der Waals surface area (Å²) >= 11 is 0. The van der Waals surface area contributed by atoms with Gasteiger partial charge in [-0.1, -0.05) is 32.0 Å². The average molecular weight is 351 g/mol. The molecule has 0 fully saturated rings. The first-order chi connectivity index (χ1) is 12.5. The fraction of sp³-hybridized carbons (Fsp3) is 0.450. The summed E-state index contributed by atoms with van der Waals surface area (Å²) in [4.78, 5) is 14.9. The van der Waals surface area contributed by atoms with Crippen molar-refractivity contribution in [1.29, 1.82) is 0 Å². The molecule has 0 N–H and O–H groups in total. The molecule has 0 unspecified atom stereocenters.